The van der Waals surface area contributed by atoms with Crippen LogP contribution in [0.2, 0.25) is 0 Å². The maximum atomic E-state index is 12.6. The second-order valence-electron chi connectivity index (χ2n) is 6.51. The molecule has 25 heavy (non-hydrogen) atoms. The highest BCUT2D eigenvalue weighted by Gasteiger charge is 2.28. The van der Waals surface area contributed by atoms with E-state index < -0.39 is 5.60 Å². The van der Waals surface area contributed by atoms with Crippen molar-refractivity contribution >= 4 is 27.3 Å². The zero-order chi connectivity index (χ0) is 17.9. The summed E-state index contributed by atoms with van der Waals surface area (Å²) in [7, 11) is 0. The van der Waals surface area contributed by atoms with Crippen LogP contribution in [0.5, 0.6) is 0 Å². The van der Waals surface area contributed by atoms with E-state index >= 15 is 0 Å². The van der Waals surface area contributed by atoms with Gasteiger partial charge in [-0.05, 0) is 36.4 Å². The predicted molar refractivity (Wildman–Crippen MR) is 104 cm³/mol. The number of hydrogen-bond donors (Lipinski definition) is 2. The van der Waals surface area contributed by atoms with E-state index in [0.717, 1.165) is 26.9 Å². The van der Waals surface area contributed by atoms with Gasteiger partial charge in [0.15, 0.2) is 0 Å². The van der Waals surface area contributed by atoms with Crippen molar-refractivity contribution in [3.63, 3.8) is 0 Å². The molecule has 2 aromatic carbocycles. The quantitative estimate of drug-likeness (QED) is 0.689. The van der Waals surface area contributed by atoms with Crippen molar-refractivity contribution in [3.8, 4) is 0 Å². The van der Waals surface area contributed by atoms with Crippen LogP contribution in [0.1, 0.15) is 36.6 Å². The molecule has 0 aliphatic carbocycles. The van der Waals surface area contributed by atoms with E-state index in [0.29, 0.717) is 0 Å². The molecule has 0 radical (unpaired) electrons. The van der Waals surface area contributed by atoms with Crippen LogP contribution >= 0.6 is 11.3 Å². The third-order valence-corrected chi connectivity index (χ3v) is 5.86. The van der Waals surface area contributed by atoms with Crippen LogP contribution < -0.4 is 5.32 Å². The maximum Gasteiger partial charge on any atom is 0.227 e. The van der Waals surface area contributed by atoms with E-state index in [1.807, 2.05) is 67.6 Å². The first-order valence-corrected chi connectivity index (χ1v) is 9.37. The fourth-order valence-corrected chi connectivity index (χ4v) is 4.08. The highest BCUT2D eigenvalue weighted by molar-refractivity contribution is 7.19. The minimum absolute atomic E-state index is 0.0462. The largest absolute Gasteiger partial charge is 0.383 e. The van der Waals surface area contributed by atoms with E-state index in [-0.39, 0.29) is 18.4 Å². The van der Waals surface area contributed by atoms with Gasteiger partial charge < -0.3 is 10.4 Å². The minimum Gasteiger partial charge on any atom is -0.383 e. The number of carbonyl (C=O) groups is 1. The Morgan fingerprint density at radius 3 is 2.52 bits per heavy atom. The maximum absolute atomic E-state index is 12.6. The Balaban J connectivity index is 1.71. The van der Waals surface area contributed by atoms with Crippen LogP contribution in [0.15, 0.2) is 60.7 Å². The van der Waals surface area contributed by atoms with Crippen LogP contribution in [0.25, 0.3) is 10.1 Å². The third-order valence-electron chi connectivity index (χ3n) is 4.49. The molecule has 3 aromatic rings. The lowest BCUT2D eigenvalue weighted by atomic mass is 9.95. The number of rotatable bonds is 6. The van der Waals surface area contributed by atoms with E-state index in [1.54, 1.807) is 18.3 Å². The van der Waals surface area contributed by atoms with Gasteiger partial charge >= 0.3 is 0 Å². The molecular weight excluding hydrogens is 330 g/mol. The van der Waals surface area contributed by atoms with Gasteiger partial charge in [-0.1, -0.05) is 55.5 Å². The molecule has 3 rings (SSSR count). The summed E-state index contributed by atoms with van der Waals surface area (Å²) in [5.41, 5.74) is -0.0853. The molecule has 0 saturated heterocycles. The highest BCUT2D eigenvalue weighted by Crippen LogP contribution is 2.33. The summed E-state index contributed by atoms with van der Waals surface area (Å²) in [6.07, 6.45) is 0.723. The summed E-state index contributed by atoms with van der Waals surface area (Å²) in [6, 6.07) is 19.8. The average molecular weight is 353 g/mol. The molecule has 1 amide bonds. The molecule has 0 bridgehead atoms. The molecule has 2 atom stereocenters. The van der Waals surface area contributed by atoms with E-state index in [2.05, 4.69) is 5.32 Å². The summed E-state index contributed by atoms with van der Waals surface area (Å²) >= 11 is 1.57. The van der Waals surface area contributed by atoms with Crippen molar-refractivity contribution in [1.82, 2.24) is 5.32 Å². The van der Waals surface area contributed by atoms with Crippen LogP contribution in [0, 0.1) is 0 Å². The van der Waals surface area contributed by atoms with Gasteiger partial charge in [-0.2, -0.15) is 0 Å². The fraction of sp³-hybridized carbons (Fsp3) is 0.286. The molecule has 0 saturated carbocycles. The number of amides is 1. The first-order chi connectivity index (χ1) is 12.0. The smallest absolute Gasteiger partial charge is 0.227 e. The number of aliphatic hydroxyl groups is 1. The van der Waals surface area contributed by atoms with Gasteiger partial charge in [0.25, 0.3) is 0 Å². The number of nitrogens with one attached hydrogen (secondary N) is 1. The Labute approximate surface area is 152 Å². The van der Waals surface area contributed by atoms with Gasteiger partial charge in [0.1, 0.15) is 5.60 Å². The van der Waals surface area contributed by atoms with Crippen molar-refractivity contribution in [2.45, 2.75) is 31.8 Å². The zero-order valence-corrected chi connectivity index (χ0v) is 15.3. The highest BCUT2D eigenvalue weighted by atomic mass is 32.1. The Kier molecular flexibility index (Phi) is 5.21. The van der Waals surface area contributed by atoms with Gasteiger partial charge in [0.2, 0.25) is 5.91 Å². The van der Waals surface area contributed by atoms with Crippen molar-refractivity contribution in [1.29, 1.82) is 0 Å². The van der Waals surface area contributed by atoms with Crippen LogP contribution in [0.3, 0.4) is 0 Å². The molecule has 0 unspecified atom stereocenters. The summed E-state index contributed by atoms with van der Waals surface area (Å²) in [4.78, 5) is 13.5. The van der Waals surface area contributed by atoms with Crippen LogP contribution in [-0.4, -0.2) is 17.6 Å². The molecule has 1 heterocycles. The molecule has 130 valence electrons. The SMILES string of the molecule is CC[C@H](C(=O)NC[C@](C)(O)c1cc2ccccc2s1)c1ccccc1. The van der Waals surface area contributed by atoms with Crippen LogP contribution in [-0.2, 0) is 10.4 Å². The Hall–Kier alpha value is -2.17. The average Bonchev–Trinajstić information content (AvgIpc) is 3.07. The molecular formula is C21H23NO2S. The molecule has 2 N–H and O–H groups in total. The molecule has 4 heteroatoms. The summed E-state index contributed by atoms with van der Waals surface area (Å²) in [5.74, 6) is -0.241. The fourth-order valence-electron chi connectivity index (χ4n) is 2.97. The molecule has 3 nitrogen and oxygen atoms in total. The Morgan fingerprint density at radius 1 is 1.16 bits per heavy atom. The molecule has 0 fully saturated rings. The summed E-state index contributed by atoms with van der Waals surface area (Å²) in [5, 5.41) is 14.9. The lowest BCUT2D eigenvalue weighted by Gasteiger charge is -2.24. The second-order valence-corrected chi connectivity index (χ2v) is 7.60. The topological polar surface area (TPSA) is 49.3 Å². The zero-order valence-electron chi connectivity index (χ0n) is 14.5. The Morgan fingerprint density at radius 2 is 1.84 bits per heavy atom. The number of thiophene rings is 1. The lowest BCUT2D eigenvalue weighted by molar-refractivity contribution is -0.123. The molecule has 0 aliphatic heterocycles. The van der Waals surface area contributed by atoms with E-state index in [9.17, 15) is 9.90 Å². The standard InChI is InChI=1S/C21H23NO2S/c1-3-17(15-9-5-4-6-10-15)20(23)22-14-21(2,24)19-13-16-11-7-8-12-18(16)25-19/h4-13,17,24H,3,14H2,1-2H3,(H,22,23)/t17-,21-/m0/s1. The first kappa shape index (κ1) is 17.6. The molecule has 1 aromatic heterocycles. The predicted octanol–water partition coefficient (Wildman–Crippen LogP) is 4.42. The van der Waals surface area contributed by atoms with Crippen molar-refractivity contribution in [3.05, 3.63) is 71.1 Å². The van der Waals surface area contributed by atoms with Crippen molar-refractivity contribution in [2.24, 2.45) is 0 Å². The number of fused-ring (bicyclic) bond motifs is 1. The van der Waals surface area contributed by atoms with Crippen LogP contribution in [0.4, 0.5) is 0 Å². The van der Waals surface area contributed by atoms with Gasteiger partial charge in [0, 0.05) is 9.58 Å². The second kappa shape index (κ2) is 7.38. The van der Waals surface area contributed by atoms with Gasteiger partial charge in [-0.3, -0.25) is 4.79 Å². The van der Waals surface area contributed by atoms with Crippen molar-refractivity contribution in [2.75, 3.05) is 6.54 Å². The monoisotopic (exact) mass is 353 g/mol. The molecule has 0 aliphatic rings. The summed E-state index contributed by atoms with van der Waals surface area (Å²) in [6.45, 7) is 3.95. The molecule has 0 spiro atoms. The Bertz CT molecular complexity index is 821. The van der Waals surface area contributed by atoms with Gasteiger partial charge in [-0.25, -0.2) is 0 Å². The minimum atomic E-state index is -1.09. The normalized spacial score (nSPS) is 14.8. The third kappa shape index (κ3) is 3.91. The number of hydrogen-bond acceptors (Lipinski definition) is 3. The van der Waals surface area contributed by atoms with Gasteiger partial charge in [-0.15, -0.1) is 11.3 Å². The lowest BCUT2D eigenvalue weighted by Crippen LogP contribution is -2.40. The number of benzene rings is 2. The first-order valence-electron chi connectivity index (χ1n) is 8.55. The number of carbonyl (C=O) groups excluding carboxylic acids is 1. The van der Waals surface area contributed by atoms with E-state index in [1.165, 1.54) is 0 Å². The van der Waals surface area contributed by atoms with Crippen molar-refractivity contribution < 1.29 is 9.90 Å². The van der Waals surface area contributed by atoms with E-state index in [4.69, 9.17) is 0 Å². The summed E-state index contributed by atoms with van der Waals surface area (Å²) < 4.78 is 1.14. The van der Waals surface area contributed by atoms with Gasteiger partial charge in [0.05, 0.1) is 12.5 Å².